The van der Waals surface area contributed by atoms with Gasteiger partial charge in [-0.05, 0) is 54.9 Å². The molecule has 0 fully saturated rings. The lowest BCUT2D eigenvalue weighted by molar-refractivity contribution is -0.127. The predicted octanol–water partition coefficient (Wildman–Crippen LogP) is 2.57. The number of nitrogens with zero attached hydrogens (tertiary/aromatic N) is 1. The van der Waals surface area contributed by atoms with Crippen molar-refractivity contribution >= 4 is 40.9 Å². The number of ether oxygens (including phenoxy) is 1. The summed E-state index contributed by atoms with van der Waals surface area (Å²) < 4.78 is 5.98. The number of aryl methyl sites for hydroxylation is 2. The summed E-state index contributed by atoms with van der Waals surface area (Å²) in [5.41, 5.74) is 14.4. The van der Waals surface area contributed by atoms with E-state index in [1.165, 1.54) is 0 Å². The van der Waals surface area contributed by atoms with Gasteiger partial charge in [-0.3, -0.25) is 24.1 Å². The summed E-state index contributed by atoms with van der Waals surface area (Å²) in [4.78, 5) is 50.7. The number of para-hydroxylation sites is 1. The van der Waals surface area contributed by atoms with Crippen LogP contribution in [0.2, 0.25) is 5.02 Å². The molecule has 0 saturated carbocycles. The van der Waals surface area contributed by atoms with E-state index >= 15 is 0 Å². The van der Waals surface area contributed by atoms with Crippen molar-refractivity contribution in [1.29, 1.82) is 0 Å². The first-order chi connectivity index (χ1) is 18.2. The van der Waals surface area contributed by atoms with Crippen LogP contribution in [0.4, 0.5) is 5.69 Å². The van der Waals surface area contributed by atoms with Gasteiger partial charge in [0, 0.05) is 25.7 Å². The molecule has 0 aromatic heterocycles. The maximum absolute atomic E-state index is 13.5. The number of halogens is 1. The number of carbonyl (C=O) groups is 4. The summed E-state index contributed by atoms with van der Waals surface area (Å²) >= 11 is 6.54. The average molecular weight is 541 g/mol. The van der Waals surface area contributed by atoms with Gasteiger partial charge in [0.15, 0.2) is 0 Å². The summed E-state index contributed by atoms with van der Waals surface area (Å²) in [6, 6.07) is 10.1. The molecule has 0 unspecified atom stereocenters. The van der Waals surface area contributed by atoms with Crippen molar-refractivity contribution in [3.63, 3.8) is 0 Å². The lowest BCUT2D eigenvalue weighted by atomic mass is 10.0. The molecule has 0 bridgehead atoms. The molecule has 38 heavy (non-hydrogen) atoms. The Kier molecular flexibility index (Phi) is 8.89. The second-order valence-electron chi connectivity index (χ2n) is 9.83. The van der Waals surface area contributed by atoms with E-state index < -0.39 is 18.0 Å². The Balaban J connectivity index is 1.46. The second kappa shape index (κ2) is 12.3. The summed E-state index contributed by atoms with van der Waals surface area (Å²) in [5, 5.41) is 3.41. The van der Waals surface area contributed by atoms with E-state index in [0.717, 1.165) is 35.2 Å². The molecule has 9 nitrogen and oxygen atoms in total. The molecular formula is C28H33ClN4O5. The number of nitrogens with two attached hydrogens (primary N) is 2. The lowest BCUT2D eigenvalue weighted by Gasteiger charge is -2.27. The minimum atomic E-state index is -0.662. The number of carbonyl (C=O) groups excluding carboxylic acids is 4. The third-order valence-electron chi connectivity index (χ3n) is 7.02. The van der Waals surface area contributed by atoms with Gasteiger partial charge in [-0.2, -0.15) is 0 Å². The van der Waals surface area contributed by atoms with E-state index in [1.807, 2.05) is 24.3 Å². The van der Waals surface area contributed by atoms with Crippen LogP contribution < -0.4 is 26.4 Å². The number of rotatable bonds is 12. The summed E-state index contributed by atoms with van der Waals surface area (Å²) in [6.07, 6.45) is 4.10. The van der Waals surface area contributed by atoms with Gasteiger partial charge in [0.2, 0.25) is 23.6 Å². The zero-order chi connectivity index (χ0) is 27.2. The van der Waals surface area contributed by atoms with Gasteiger partial charge in [0.05, 0.1) is 16.8 Å². The Morgan fingerprint density at radius 1 is 1.05 bits per heavy atom. The van der Waals surface area contributed by atoms with Crippen LogP contribution in [0.25, 0.3) is 0 Å². The standard InChI is InChI=1S/C28H33ClN4O5/c29-26-17(6-3-11-23(30)34)5-2-10-22(26)38-16-20(13-14-24(31)35)32-28(37)21-15-19-9-1-7-18-8-4-12-25(36)33(21)27(18)19/h1-2,5,7,9-10,20-21H,3-4,6,8,11-16H2,(H2,30,34)(H2,31,35)(H,32,37)/t20-,21-/m0/s1. The molecule has 5 N–H and O–H groups in total. The van der Waals surface area contributed by atoms with Crippen molar-refractivity contribution in [2.75, 3.05) is 11.5 Å². The van der Waals surface area contributed by atoms with Crippen molar-refractivity contribution in [3.8, 4) is 5.75 Å². The predicted molar refractivity (Wildman–Crippen MR) is 144 cm³/mol. The highest BCUT2D eigenvalue weighted by atomic mass is 35.5. The van der Waals surface area contributed by atoms with E-state index in [4.69, 9.17) is 27.8 Å². The number of nitrogens with one attached hydrogen (secondary N) is 1. The van der Waals surface area contributed by atoms with Gasteiger partial charge in [-0.15, -0.1) is 0 Å². The van der Waals surface area contributed by atoms with Crippen LogP contribution in [0.5, 0.6) is 5.75 Å². The van der Waals surface area contributed by atoms with Crippen molar-refractivity contribution < 1.29 is 23.9 Å². The molecule has 2 aliphatic rings. The van der Waals surface area contributed by atoms with Gasteiger partial charge in [-0.1, -0.05) is 41.9 Å². The van der Waals surface area contributed by atoms with E-state index in [9.17, 15) is 19.2 Å². The number of amides is 4. The first-order valence-electron chi connectivity index (χ1n) is 12.9. The van der Waals surface area contributed by atoms with Crippen LogP contribution in [0, 0.1) is 0 Å². The maximum Gasteiger partial charge on any atom is 0.243 e. The highest BCUT2D eigenvalue weighted by Crippen LogP contribution is 2.39. The summed E-state index contributed by atoms with van der Waals surface area (Å²) in [5.74, 6) is -0.781. The SMILES string of the molecule is NC(=O)CCCc1cccc(OC[C@H](CCC(N)=O)NC(=O)[C@@H]2Cc3cccc4c3N2C(=O)CCC4)c1Cl. The van der Waals surface area contributed by atoms with E-state index in [1.54, 1.807) is 17.0 Å². The van der Waals surface area contributed by atoms with Gasteiger partial charge in [0.25, 0.3) is 0 Å². The smallest absolute Gasteiger partial charge is 0.243 e. The first kappa shape index (κ1) is 27.4. The number of primary amides is 2. The summed E-state index contributed by atoms with van der Waals surface area (Å²) in [6.45, 7) is 0.0579. The third-order valence-corrected chi connectivity index (χ3v) is 7.44. The third kappa shape index (κ3) is 6.45. The average Bonchev–Trinajstić information content (AvgIpc) is 3.19. The number of hydrogen-bond donors (Lipinski definition) is 3. The maximum atomic E-state index is 13.5. The van der Waals surface area contributed by atoms with Crippen LogP contribution in [-0.4, -0.2) is 42.3 Å². The quantitative estimate of drug-likeness (QED) is 0.379. The summed E-state index contributed by atoms with van der Waals surface area (Å²) in [7, 11) is 0. The molecule has 2 aromatic carbocycles. The van der Waals surface area contributed by atoms with E-state index in [-0.39, 0.29) is 43.6 Å². The fourth-order valence-corrected chi connectivity index (χ4v) is 5.43. The van der Waals surface area contributed by atoms with Crippen LogP contribution >= 0.6 is 11.6 Å². The fourth-order valence-electron chi connectivity index (χ4n) is 5.15. The molecule has 2 aromatic rings. The Hall–Kier alpha value is -3.59. The Morgan fingerprint density at radius 3 is 2.55 bits per heavy atom. The minimum Gasteiger partial charge on any atom is -0.490 e. The van der Waals surface area contributed by atoms with Gasteiger partial charge < -0.3 is 21.5 Å². The van der Waals surface area contributed by atoms with E-state index in [2.05, 4.69) is 5.32 Å². The molecule has 202 valence electrons. The molecule has 2 atom stereocenters. The largest absolute Gasteiger partial charge is 0.490 e. The fraction of sp³-hybridized carbons (Fsp3) is 0.429. The second-order valence-corrected chi connectivity index (χ2v) is 10.2. The molecule has 0 aliphatic carbocycles. The number of anilines is 1. The molecule has 0 saturated heterocycles. The molecule has 4 rings (SSSR count). The monoisotopic (exact) mass is 540 g/mol. The molecule has 2 aliphatic heterocycles. The van der Waals surface area contributed by atoms with Crippen molar-refractivity contribution in [2.45, 2.75) is 69.9 Å². The zero-order valence-electron chi connectivity index (χ0n) is 21.2. The molecule has 0 spiro atoms. The topological polar surface area (TPSA) is 145 Å². The molecule has 0 radical (unpaired) electrons. The van der Waals surface area contributed by atoms with Gasteiger partial charge >= 0.3 is 0 Å². The minimum absolute atomic E-state index is 0.0567. The molecule has 4 amide bonds. The van der Waals surface area contributed by atoms with Crippen LogP contribution in [-0.2, 0) is 38.4 Å². The Bertz CT molecular complexity index is 1230. The van der Waals surface area contributed by atoms with Crippen LogP contribution in [0.3, 0.4) is 0 Å². The van der Waals surface area contributed by atoms with Gasteiger partial charge in [0.1, 0.15) is 18.4 Å². The normalized spacial score (nSPS) is 16.9. The van der Waals surface area contributed by atoms with Crippen molar-refractivity contribution in [1.82, 2.24) is 5.32 Å². The Labute approximate surface area is 226 Å². The van der Waals surface area contributed by atoms with Crippen molar-refractivity contribution in [3.05, 3.63) is 58.1 Å². The highest BCUT2D eigenvalue weighted by Gasteiger charge is 2.41. The lowest BCUT2D eigenvalue weighted by Crippen LogP contribution is -2.51. The zero-order valence-corrected chi connectivity index (χ0v) is 22.0. The van der Waals surface area contributed by atoms with Crippen LogP contribution in [0.1, 0.15) is 55.2 Å². The van der Waals surface area contributed by atoms with Gasteiger partial charge in [-0.25, -0.2) is 0 Å². The molecule has 2 heterocycles. The molecular weight excluding hydrogens is 508 g/mol. The first-order valence-corrected chi connectivity index (χ1v) is 13.3. The van der Waals surface area contributed by atoms with Crippen LogP contribution in [0.15, 0.2) is 36.4 Å². The van der Waals surface area contributed by atoms with Crippen molar-refractivity contribution in [2.24, 2.45) is 11.5 Å². The number of benzene rings is 2. The molecule has 10 heteroatoms. The highest BCUT2D eigenvalue weighted by molar-refractivity contribution is 6.32. The van der Waals surface area contributed by atoms with E-state index in [0.29, 0.717) is 36.5 Å². The number of hydrogen-bond acceptors (Lipinski definition) is 5. The Morgan fingerprint density at radius 2 is 1.79 bits per heavy atom.